The molecule has 66 valence electrons. The van der Waals surface area contributed by atoms with Crippen LogP contribution in [0.15, 0.2) is 29.2 Å². The molecule has 4 heteroatoms. The largest absolute Gasteiger partial charge is 0.674 e. The van der Waals surface area contributed by atoms with E-state index in [1.54, 1.807) is 12.1 Å². The van der Waals surface area contributed by atoms with Crippen molar-refractivity contribution in [2.75, 3.05) is 6.26 Å². The van der Waals surface area contributed by atoms with E-state index in [0.717, 1.165) is 5.56 Å². The quantitative estimate of drug-likeness (QED) is 0.701. The molecule has 0 spiro atoms. The molecular formula is C8H10NO2S-. The maximum atomic E-state index is 11.0. The van der Waals surface area contributed by atoms with Gasteiger partial charge in [0, 0.05) is 6.26 Å². The van der Waals surface area contributed by atoms with Gasteiger partial charge in [-0.25, -0.2) is 8.42 Å². The summed E-state index contributed by atoms with van der Waals surface area (Å²) < 4.78 is 22.0. The zero-order chi connectivity index (χ0) is 9.19. The van der Waals surface area contributed by atoms with Gasteiger partial charge in [0.05, 0.1) is 4.90 Å². The van der Waals surface area contributed by atoms with Gasteiger partial charge >= 0.3 is 0 Å². The minimum atomic E-state index is -3.09. The van der Waals surface area contributed by atoms with Crippen molar-refractivity contribution >= 4 is 9.84 Å². The fourth-order valence-electron chi connectivity index (χ4n) is 0.854. The molecule has 0 saturated heterocycles. The van der Waals surface area contributed by atoms with Crippen LogP contribution in [0.3, 0.4) is 0 Å². The van der Waals surface area contributed by atoms with Crippen LogP contribution >= 0.6 is 0 Å². The summed E-state index contributed by atoms with van der Waals surface area (Å²) in [5.74, 6) is 0. The molecule has 0 fully saturated rings. The Morgan fingerprint density at radius 3 is 2.08 bits per heavy atom. The smallest absolute Gasteiger partial charge is 0.175 e. The first-order chi connectivity index (χ1) is 5.54. The number of nitrogens with one attached hydrogen (secondary N) is 1. The number of hydrogen-bond acceptors (Lipinski definition) is 2. The Labute approximate surface area is 72.1 Å². The summed E-state index contributed by atoms with van der Waals surface area (Å²) in [6.07, 6.45) is 1.17. The van der Waals surface area contributed by atoms with Crippen molar-refractivity contribution in [2.45, 2.75) is 11.4 Å². The van der Waals surface area contributed by atoms with Crippen molar-refractivity contribution in [3.63, 3.8) is 0 Å². The maximum absolute atomic E-state index is 11.0. The van der Waals surface area contributed by atoms with Crippen molar-refractivity contribution in [2.24, 2.45) is 0 Å². The molecule has 12 heavy (non-hydrogen) atoms. The minimum Gasteiger partial charge on any atom is -0.674 e. The van der Waals surface area contributed by atoms with Crippen molar-refractivity contribution in [3.05, 3.63) is 35.6 Å². The average Bonchev–Trinajstić information content (AvgIpc) is 2.03. The summed E-state index contributed by atoms with van der Waals surface area (Å²) in [6, 6.07) is 6.37. The molecule has 0 aliphatic heterocycles. The van der Waals surface area contributed by atoms with Crippen LogP contribution in [0.1, 0.15) is 5.56 Å². The van der Waals surface area contributed by atoms with Crippen molar-refractivity contribution in [3.8, 4) is 0 Å². The van der Waals surface area contributed by atoms with Crippen molar-refractivity contribution in [1.82, 2.24) is 0 Å². The summed E-state index contributed by atoms with van der Waals surface area (Å²) >= 11 is 0. The molecule has 0 atom stereocenters. The van der Waals surface area contributed by atoms with Crippen LogP contribution in [0.4, 0.5) is 0 Å². The van der Waals surface area contributed by atoms with Gasteiger partial charge in [-0.1, -0.05) is 17.7 Å². The first-order valence-electron chi connectivity index (χ1n) is 3.47. The minimum absolute atomic E-state index is 0.185. The summed E-state index contributed by atoms with van der Waals surface area (Å²) in [7, 11) is -3.09. The van der Waals surface area contributed by atoms with Gasteiger partial charge in [0.15, 0.2) is 9.84 Å². The maximum Gasteiger partial charge on any atom is 0.175 e. The third-order valence-electron chi connectivity index (χ3n) is 1.56. The molecule has 1 aromatic carbocycles. The van der Waals surface area contributed by atoms with E-state index in [1.807, 2.05) is 0 Å². The topological polar surface area (TPSA) is 57.9 Å². The van der Waals surface area contributed by atoms with Crippen LogP contribution in [-0.2, 0) is 16.4 Å². The molecule has 0 aliphatic rings. The Morgan fingerprint density at radius 1 is 1.25 bits per heavy atom. The Kier molecular flexibility index (Phi) is 2.49. The normalized spacial score (nSPS) is 11.5. The molecular weight excluding hydrogens is 174 g/mol. The molecule has 1 aromatic rings. The molecule has 0 radical (unpaired) electrons. The fraction of sp³-hybridized carbons (Fsp3) is 0.250. The second kappa shape index (κ2) is 3.25. The molecule has 0 aliphatic carbocycles. The molecule has 0 bridgehead atoms. The standard InChI is InChI=1S/C8H10NO2S/c1-12(10,11)8-4-2-7(6-9)3-5-8/h2-5,9H,6H2,1H3/q-1. The van der Waals surface area contributed by atoms with Gasteiger partial charge in [-0.05, 0) is 12.1 Å². The monoisotopic (exact) mass is 184 g/mol. The molecule has 0 unspecified atom stereocenters. The summed E-state index contributed by atoms with van der Waals surface area (Å²) in [6.45, 7) is 0.185. The van der Waals surface area contributed by atoms with Gasteiger partial charge in [0.25, 0.3) is 0 Å². The third kappa shape index (κ3) is 2.06. The molecule has 3 nitrogen and oxygen atoms in total. The van der Waals surface area contributed by atoms with E-state index in [9.17, 15) is 8.42 Å². The van der Waals surface area contributed by atoms with Crippen LogP contribution in [0.2, 0.25) is 0 Å². The predicted octanol–water partition coefficient (Wildman–Crippen LogP) is 1.64. The summed E-state index contributed by atoms with van der Waals surface area (Å²) in [4.78, 5) is 0.305. The fourth-order valence-corrected chi connectivity index (χ4v) is 1.48. The highest BCUT2D eigenvalue weighted by molar-refractivity contribution is 7.90. The van der Waals surface area contributed by atoms with Crippen LogP contribution < -0.4 is 0 Å². The Bertz CT molecular complexity index is 353. The summed E-state index contributed by atoms with van der Waals surface area (Å²) in [5, 5.41) is 0. The Morgan fingerprint density at radius 2 is 1.75 bits per heavy atom. The lowest BCUT2D eigenvalue weighted by atomic mass is 10.2. The van der Waals surface area contributed by atoms with Gasteiger partial charge in [-0.15, -0.1) is 6.54 Å². The predicted molar refractivity (Wildman–Crippen MR) is 47.6 cm³/mol. The van der Waals surface area contributed by atoms with Crippen LogP contribution in [-0.4, -0.2) is 14.7 Å². The third-order valence-corrected chi connectivity index (χ3v) is 2.68. The second-order valence-corrected chi connectivity index (χ2v) is 4.61. The highest BCUT2D eigenvalue weighted by Crippen LogP contribution is 2.10. The second-order valence-electron chi connectivity index (χ2n) is 2.59. The van der Waals surface area contributed by atoms with Gasteiger partial charge < -0.3 is 5.73 Å². The Balaban J connectivity index is 3.09. The van der Waals surface area contributed by atoms with Gasteiger partial charge in [0.1, 0.15) is 0 Å². The highest BCUT2D eigenvalue weighted by atomic mass is 32.2. The van der Waals surface area contributed by atoms with Crippen LogP contribution in [0.25, 0.3) is 5.73 Å². The molecule has 0 heterocycles. The van der Waals surface area contributed by atoms with Gasteiger partial charge in [0.2, 0.25) is 0 Å². The van der Waals surface area contributed by atoms with Crippen LogP contribution in [0.5, 0.6) is 0 Å². The zero-order valence-corrected chi connectivity index (χ0v) is 7.56. The molecule has 0 aromatic heterocycles. The number of benzene rings is 1. The van der Waals surface area contributed by atoms with Gasteiger partial charge in [-0.2, -0.15) is 0 Å². The average molecular weight is 184 g/mol. The van der Waals surface area contributed by atoms with E-state index < -0.39 is 9.84 Å². The van der Waals surface area contributed by atoms with Gasteiger partial charge in [-0.3, -0.25) is 0 Å². The number of sulfone groups is 1. The molecule has 1 N–H and O–H groups in total. The number of hydrogen-bond donors (Lipinski definition) is 0. The van der Waals surface area contributed by atoms with E-state index in [2.05, 4.69) is 0 Å². The summed E-state index contributed by atoms with van der Waals surface area (Å²) in [5.41, 5.74) is 7.84. The number of rotatable bonds is 2. The lowest BCUT2D eigenvalue weighted by molar-refractivity contribution is 0.602. The van der Waals surface area contributed by atoms with E-state index >= 15 is 0 Å². The first-order valence-corrected chi connectivity index (χ1v) is 5.37. The zero-order valence-electron chi connectivity index (χ0n) is 6.74. The van der Waals surface area contributed by atoms with E-state index in [-0.39, 0.29) is 6.54 Å². The SMILES string of the molecule is CS(=O)(=O)c1ccc(C[NH-])cc1. The van der Waals surface area contributed by atoms with Crippen LogP contribution in [0, 0.1) is 0 Å². The van der Waals surface area contributed by atoms with Crippen molar-refractivity contribution in [1.29, 1.82) is 0 Å². The first kappa shape index (κ1) is 9.22. The lowest BCUT2D eigenvalue weighted by Crippen LogP contribution is -1.96. The van der Waals surface area contributed by atoms with E-state index in [1.165, 1.54) is 18.4 Å². The highest BCUT2D eigenvalue weighted by Gasteiger charge is 2.04. The molecule has 0 amide bonds. The van der Waals surface area contributed by atoms with Crippen molar-refractivity contribution < 1.29 is 8.42 Å². The molecule has 1 rings (SSSR count). The molecule has 0 saturated carbocycles. The Hall–Kier alpha value is -0.870. The van der Waals surface area contributed by atoms with E-state index in [4.69, 9.17) is 5.73 Å². The van der Waals surface area contributed by atoms with E-state index in [0.29, 0.717) is 4.90 Å². The lowest BCUT2D eigenvalue weighted by Gasteiger charge is -2.02.